The number of nitrogens with zero attached hydrogens (tertiary/aromatic N) is 2. The first-order chi connectivity index (χ1) is 8.99. The van der Waals surface area contributed by atoms with Gasteiger partial charge in [0.2, 0.25) is 5.91 Å². The Morgan fingerprint density at radius 3 is 2.42 bits per heavy atom. The summed E-state index contributed by atoms with van der Waals surface area (Å²) in [4.78, 5) is 11.9. The van der Waals surface area contributed by atoms with Gasteiger partial charge in [-0.05, 0) is 19.1 Å². The number of nitrogens with one attached hydrogen (secondary N) is 1. The van der Waals surface area contributed by atoms with E-state index >= 15 is 0 Å². The van der Waals surface area contributed by atoms with Crippen molar-refractivity contribution in [1.29, 1.82) is 0 Å². The van der Waals surface area contributed by atoms with Crippen molar-refractivity contribution in [2.24, 2.45) is 0 Å². The Bertz CT molecular complexity index is 604. The van der Waals surface area contributed by atoms with Gasteiger partial charge in [0.15, 0.2) is 0 Å². The zero-order valence-corrected chi connectivity index (χ0v) is 12.2. The molecule has 2 rings (SSSR count). The van der Waals surface area contributed by atoms with Crippen LogP contribution in [0.2, 0.25) is 15.1 Å². The standard InChI is InChI=1S/C12H10Cl3N3O/c1-7-10(15)5-16-18(7)6-11(19)17-12-8(13)3-2-4-9(12)14/h2-5H,6H2,1H3,(H,17,19). The summed E-state index contributed by atoms with van der Waals surface area (Å²) in [7, 11) is 0. The smallest absolute Gasteiger partial charge is 0.246 e. The Balaban J connectivity index is 2.12. The number of aromatic nitrogens is 2. The fourth-order valence-corrected chi connectivity index (χ4v) is 2.15. The molecule has 1 N–H and O–H groups in total. The lowest BCUT2D eigenvalue weighted by atomic mass is 10.3. The molecule has 0 radical (unpaired) electrons. The average molecular weight is 319 g/mol. The van der Waals surface area contributed by atoms with Crippen LogP contribution in [-0.2, 0) is 11.3 Å². The molecular formula is C12H10Cl3N3O. The molecule has 0 aliphatic carbocycles. The summed E-state index contributed by atoms with van der Waals surface area (Å²) in [5, 5.41) is 7.94. The van der Waals surface area contributed by atoms with Crippen LogP contribution in [0.1, 0.15) is 5.69 Å². The van der Waals surface area contributed by atoms with Crippen LogP contribution in [0.3, 0.4) is 0 Å². The van der Waals surface area contributed by atoms with Crippen molar-refractivity contribution in [3.63, 3.8) is 0 Å². The van der Waals surface area contributed by atoms with E-state index in [-0.39, 0.29) is 12.5 Å². The predicted molar refractivity (Wildman–Crippen MR) is 77.1 cm³/mol. The molecule has 0 unspecified atom stereocenters. The highest BCUT2D eigenvalue weighted by molar-refractivity contribution is 6.39. The molecule has 4 nitrogen and oxygen atoms in total. The van der Waals surface area contributed by atoms with Gasteiger partial charge in [0.1, 0.15) is 6.54 Å². The lowest BCUT2D eigenvalue weighted by Crippen LogP contribution is -2.20. The zero-order valence-electron chi connectivity index (χ0n) is 9.95. The molecule has 1 heterocycles. The molecule has 0 aliphatic heterocycles. The minimum Gasteiger partial charge on any atom is -0.322 e. The number of rotatable bonds is 3. The molecule has 0 saturated heterocycles. The van der Waals surface area contributed by atoms with E-state index in [1.54, 1.807) is 25.1 Å². The number of hydrogen-bond acceptors (Lipinski definition) is 2. The topological polar surface area (TPSA) is 46.9 Å². The molecule has 1 amide bonds. The number of hydrogen-bond donors (Lipinski definition) is 1. The Kier molecular flexibility index (Phi) is 4.34. The third-order valence-corrected chi connectivity index (χ3v) is 3.56. The van der Waals surface area contributed by atoms with Crippen molar-refractivity contribution in [3.8, 4) is 0 Å². The second kappa shape index (κ2) is 5.82. The average Bonchev–Trinajstić information content (AvgIpc) is 2.66. The molecule has 0 atom stereocenters. The summed E-state index contributed by atoms with van der Waals surface area (Å²) in [6, 6.07) is 5.01. The van der Waals surface area contributed by atoms with Crippen molar-refractivity contribution in [2.45, 2.75) is 13.5 Å². The molecule has 7 heteroatoms. The minimum atomic E-state index is -0.280. The number of carbonyl (C=O) groups is 1. The highest BCUT2D eigenvalue weighted by Crippen LogP contribution is 2.29. The van der Waals surface area contributed by atoms with Crippen LogP contribution in [0.25, 0.3) is 0 Å². The normalized spacial score (nSPS) is 10.5. The second-order valence-electron chi connectivity index (χ2n) is 3.88. The number of para-hydroxylation sites is 1. The van der Waals surface area contributed by atoms with Crippen molar-refractivity contribution < 1.29 is 4.79 Å². The van der Waals surface area contributed by atoms with E-state index in [0.717, 1.165) is 5.69 Å². The van der Waals surface area contributed by atoms with E-state index in [2.05, 4.69) is 10.4 Å². The van der Waals surface area contributed by atoms with Crippen LogP contribution in [0.4, 0.5) is 5.69 Å². The molecule has 19 heavy (non-hydrogen) atoms. The van der Waals surface area contributed by atoms with Gasteiger partial charge in [-0.15, -0.1) is 0 Å². The number of halogens is 3. The molecule has 2 aromatic rings. The Labute approximate surface area is 125 Å². The molecule has 0 bridgehead atoms. The van der Waals surface area contributed by atoms with E-state index in [1.807, 2.05) is 0 Å². The molecule has 100 valence electrons. The number of amides is 1. The summed E-state index contributed by atoms with van der Waals surface area (Å²) in [5.41, 5.74) is 1.12. The van der Waals surface area contributed by atoms with Gasteiger partial charge in [-0.25, -0.2) is 0 Å². The van der Waals surface area contributed by atoms with Crippen LogP contribution in [-0.4, -0.2) is 15.7 Å². The summed E-state index contributed by atoms with van der Waals surface area (Å²) in [6.07, 6.45) is 1.49. The van der Waals surface area contributed by atoms with Crippen LogP contribution in [0, 0.1) is 6.92 Å². The third-order valence-electron chi connectivity index (χ3n) is 2.56. The summed E-state index contributed by atoms with van der Waals surface area (Å²) in [5.74, 6) is -0.280. The maximum atomic E-state index is 11.9. The van der Waals surface area contributed by atoms with Crippen molar-refractivity contribution in [3.05, 3.63) is 45.2 Å². The molecule has 1 aromatic heterocycles. The van der Waals surface area contributed by atoms with Crippen LogP contribution in [0.15, 0.2) is 24.4 Å². The number of anilines is 1. The van der Waals surface area contributed by atoms with E-state index in [1.165, 1.54) is 10.9 Å². The van der Waals surface area contributed by atoms with E-state index in [9.17, 15) is 4.79 Å². The fourth-order valence-electron chi connectivity index (χ4n) is 1.52. The Morgan fingerprint density at radius 2 is 1.89 bits per heavy atom. The Morgan fingerprint density at radius 1 is 1.26 bits per heavy atom. The monoisotopic (exact) mass is 317 g/mol. The molecule has 1 aromatic carbocycles. The lowest BCUT2D eigenvalue weighted by Gasteiger charge is -2.09. The van der Waals surface area contributed by atoms with Crippen LogP contribution in [0.5, 0.6) is 0 Å². The first-order valence-electron chi connectivity index (χ1n) is 5.41. The van der Waals surface area contributed by atoms with Crippen LogP contribution < -0.4 is 5.32 Å². The first-order valence-corrected chi connectivity index (χ1v) is 6.54. The number of carbonyl (C=O) groups excluding carboxylic acids is 1. The maximum absolute atomic E-state index is 11.9. The highest BCUT2D eigenvalue weighted by atomic mass is 35.5. The van der Waals surface area contributed by atoms with Crippen molar-refractivity contribution in [1.82, 2.24) is 9.78 Å². The summed E-state index contributed by atoms with van der Waals surface area (Å²) >= 11 is 17.8. The second-order valence-corrected chi connectivity index (χ2v) is 5.10. The van der Waals surface area contributed by atoms with Gasteiger partial charge in [0, 0.05) is 0 Å². The fraction of sp³-hybridized carbons (Fsp3) is 0.167. The van der Waals surface area contributed by atoms with Gasteiger partial charge >= 0.3 is 0 Å². The van der Waals surface area contributed by atoms with Gasteiger partial charge in [-0.3, -0.25) is 9.48 Å². The van der Waals surface area contributed by atoms with Gasteiger partial charge in [-0.1, -0.05) is 40.9 Å². The lowest BCUT2D eigenvalue weighted by molar-refractivity contribution is -0.116. The zero-order chi connectivity index (χ0) is 14.0. The van der Waals surface area contributed by atoms with Crippen LogP contribution >= 0.6 is 34.8 Å². The van der Waals surface area contributed by atoms with Gasteiger partial charge in [-0.2, -0.15) is 5.10 Å². The predicted octanol–water partition coefficient (Wildman–Crippen LogP) is 3.79. The molecule has 0 saturated carbocycles. The number of benzene rings is 1. The maximum Gasteiger partial charge on any atom is 0.246 e. The van der Waals surface area contributed by atoms with E-state index < -0.39 is 0 Å². The van der Waals surface area contributed by atoms with Gasteiger partial charge in [0.25, 0.3) is 0 Å². The minimum absolute atomic E-state index is 0.0418. The van der Waals surface area contributed by atoms with Gasteiger partial charge in [0.05, 0.1) is 32.6 Å². The first kappa shape index (κ1) is 14.2. The highest BCUT2D eigenvalue weighted by Gasteiger charge is 2.12. The molecule has 0 fully saturated rings. The van der Waals surface area contributed by atoms with E-state index in [0.29, 0.717) is 20.8 Å². The summed E-state index contributed by atoms with van der Waals surface area (Å²) < 4.78 is 1.50. The molecule has 0 aliphatic rings. The third kappa shape index (κ3) is 3.21. The van der Waals surface area contributed by atoms with Gasteiger partial charge < -0.3 is 5.32 Å². The molecule has 0 spiro atoms. The molecular weight excluding hydrogens is 309 g/mol. The van der Waals surface area contributed by atoms with Crippen molar-refractivity contribution >= 4 is 46.4 Å². The largest absolute Gasteiger partial charge is 0.322 e. The van der Waals surface area contributed by atoms with E-state index in [4.69, 9.17) is 34.8 Å². The summed E-state index contributed by atoms with van der Waals surface area (Å²) in [6.45, 7) is 1.82. The quantitative estimate of drug-likeness (QED) is 0.936. The van der Waals surface area contributed by atoms with Crippen molar-refractivity contribution in [2.75, 3.05) is 5.32 Å². The Hall–Kier alpha value is -1.23. The SMILES string of the molecule is Cc1c(Cl)cnn1CC(=O)Nc1c(Cl)cccc1Cl.